The van der Waals surface area contributed by atoms with Crippen LogP contribution in [0.5, 0.6) is 0 Å². The molecule has 3 aromatic rings. The summed E-state index contributed by atoms with van der Waals surface area (Å²) in [7, 11) is 0. The van der Waals surface area contributed by atoms with Gasteiger partial charge in [0.25, 0.3) is 5.91 Å². The van der Waals surface area contributed by atoms with Crippen LogP contribution in [0.3, 0.4) is 0 Å². The third kappa shape index (κ3) is 2.92. The summed E-state index contributed by atoms with van der Waals surface area (Å²) in [6, 6.07) is 7.50. The topological polar surface area (TPSA) is 75.4 Å². The molecule has 7 nitrogen and oxygen atoms in total. The molecule has 7 heteroatoms. The number of amides is 1. The summed E-state index contributed by atoms with van der Waals surface area (Å²) in [4.78, 5) is 23.1. The molecule has 4 rings (SSSR count). The van der Waals surface area contributed by atoms with Gasteiger partial charge in [-0.3, -0.25) is 9.78 Å². The first kappa shape index (κ1) is 14.6. The van der Waals surface area contributed by atoms with Crippen LogP contribution >= 0.6 is 0 Å². The van der Waals surface area contributed by atoms with Crippen molar-refractivity contribution in [2.45, 2.75) is 18.9 Å². The zero-order chi connectivity index (χ0) is 16.4. The number of hydrogen-bond acceptors (Lipinski definition) is 5. The van der Waals surface area contributed by atoms with Crippen LogP contribution in [0, 0.1) is 0 Å². The van der Waals surface area contributed by atoms with Gasteiger partial charge in [0.05, 0.1) is 11.8 Å². The zero-order valence-electron chi connectivity index (χ0n) is 13.2. The van der Waals surface area contributed by atoms with E-state index in [1.807, 2.05) is 18.3 Å². The molecule has 0 radical (unpaired) electrons. The number of rotatable bonds is 3. The first-order valence-electron chi connectivity index (χ1n) is 8.06. The van der Waals surface area contributed by atoms with Crippen molar-refractivity contribution >= 4 is 17.4 Å². The van der Waals surface area contributed by atoms with E-state index in [9.17, 15) is 4.79 Å². The highest BCUT2D eigenvalue weighted by atomic mass is 16.1. The van der Waals surface area contributed by atoms with Gasteiger partial charge in [-0.2, -0.15) is 5.10 Å². The first-order valence-corrected chi connectivity index (χ1v) is 8.06. The average molecular weight is 322 g/mol. The van der Waals surface area contributed by atoms with Crippen LogP contribution in [0.1, 0.15) is 23.2 Å². The van der Waals surface area contributed by atoms with E-state index in [0.29, 0.717) is 5.56 Å². The largest absolute Gasteiger partial charge is 0.354 e. The van der Waals surface area contributed by atoms with E-state index in [1.54, 1.807) is 35.2 Å². The molecule has 1 saturated heterocycles. The van der Waals surface area contributed by atoms with Gasteiger partial charge in [-0.05, 0) is 31.0 Å². The minimum absolute atomic E-state index is 0.0749. The number of piperidine rings is 1. The van der Waals surface area contributed by atoms with Gasteiger partial charge in [-0.25, -0.2) is 9.50 Å². The molecule has 1 N–H and O–H groups in total. The molecule has 0 aliphatic carbocycles. The maximum Gasteiger partial charge on any atom is 0.253 e. The van der Waals surface area contributed by atoms with E-state index < -0.39 is 0 Å². The Morgan fingerprint density at radius 2 is 2.21 bits per heavy atom. The lowest BCUT2D eigenvalue weighted by Crippen LogP contribution is -2.48. The number of hydrogen-bond donors (Lipinski definition) is 1. The molecule has 0 aromatic carbocycles. The van der Waals surface area contributed by atoms with Gasteiger partial charge >= 0.3 is 0 Å². The predicted octanol–water partition coefficient (Wildman–Crippen LogP) is 1.52. The Balaban J connectivity index is 1.46. The van der Waals surface area contributed by atoms with Crippen molar-refractivity contribution in [3.63, 3.8) is 0 Å². The Morgan fingerprint density at radius 1 is 1.25 bits per heavy atom. The van der Waals surface area contributed by atoms with E-state index in [4.69, 9.17) is 0 Å². The molecule has 0 spiro atoms. The normalized spacial score (nSPS) is 17.8. The summed E-state index contributed by atoms with van der Waals surface area (Å²) in [5.74, 6) is 0.845. The highest BCUT2D eigenvalue weighted by Gasteiger charge is 2.23. The number of carbonyl (C=O) groups is 1. The van der Waals surface area contributed by atoms with Gasteiger partial charge in [0.15, 0.2) is 5.65 Å². The van der Waals surface area contributed by atoms with Crippen LogP contribution in [0.2, 0.25) is 0 Å². The lowest BCUT2D eigenvalue weighted by Gasteiger charge is -2.34. The molecule has 1 aliphatic heterocycles. The van der Waals surface area contributed by atoms with Crippen molar-refractivity contribution in [3.05, 3.63) is 54.6 Å². The van der Waals surface area contributed by atoms with Crippen LogP contribution < -0.4 is 10.2 Å². The average Bonchev–Trinajstić information content (AvgIpc) is 3.10. The lowest BCUT2D eigenvalue weighted by atomic mass is 10.1. The summed E-state index contributed by atoms with van der Waals surface area (Å²) in [6.07, 6.45) is 8.89. The summed E-state index contributed by atoms with van der Waals surface area (Å²) in [5, 5.41) is 7.27. The predicted molar refractivity (Wildman–Crippen MR) is 89.9 cm³/mol. The fraction of sp³-hybridized carbons (Fsp3) is 0.294. The number of carbonyl (C=O) groups excluding carboxylic acids is 1. The molecular formula is C17H18N6O. The molecule has 1 atom stereocenters. The van der Waals surface area contributed by atoms with Gasteiger partial charge in [0.1, 0.15) is 5.82 Å². The van der Waals surface area contributed by atoms with Crippen LogP contribution in [-0.2, 0) is 0 Å². The van der Waals surface area contributed by atoms with E-state index in [0.717, 1.165) is 37.4 Å². The van der Waals surface area contributed by atoms with E-state index in [2.05, 4.69) is 25.3 Å². The number of aromatic nitrogens is 4. The van der Waals surface area contributed by atoms with Crippen molar-refractivity contribution < 1.29 is 4.79 Å². The van der Waals surface area contributed by atoms with Crippen molar-refractivity contribution in [2.75, 3.05) is 18.0 Å². The molecule has 1 unspecified atom stereocenters. The van der Waals surface area contributed by atoms with Gasteiger partial charge in [-0.15, -0.1) is 0 Å². The number of pyridine rings is 1. The Morgan fingerprint density at radius 3 is 3.08 bits per heavy atom. The monoisotopic (exact) mass is 322 g/mol. The van der Waals surface area contributed by atoms with Crippen molar-refractivity contribution in [3.8, 4) is 0 Å². The minimum atomic E-state index is -0.0749. The summed E-state index contributed by atoms with van der Waals surface area (Å²) in [6.45, 7) is 1.69. The minimum Gasteiger partial charge on any atom is -0.354 e. The van der Waals surface area contributed by atoms with E-state index in [1.165, 1.54) is 0 Å². The van der Waals surface area contributed by atoms with E-state index in [-0.39, 0.29) is 11.9 Å². The van der Waals surface area contributed by atoms with Gasteiger partial charge in [-0.1, -0.05) is 0 Å². The molecular weight excluding hydrogens is 304 g/mol. The van der Waals surface area contributed by atoms with Crippen LogP contribution in [0.25, 0.3) is 5.65 Å². The third-order valence-electron chi connectivity index (χ3n) is 4.25. The van der Waals surface area contributed by atoms with Crippen molar-refractivity contribution in [1.82, 2.24) is 24.9 Å². The maximum absolute atomic E-state index is 12.3. The van der Waals surface area contributed by atoms with Crippen molar-refractivity contribution in [1.29, 1.82) is 0 Å². The number of nitrogens with one attached hydrogen (secondary N) is 1. The van der Waals surface area contributed by atoms with Gasteiger partial charge in [0.2, 0.25) is 0 Å². The maximum atomic E-state index is 12.3. The highest BCUT2D eigenvalue weighted by molar-refractivity contribution is 5.94. The molecule has 122 valence electrons. The molecule has 24 heavy (non-hydrogen) atoms. The van der Waals surface area contributed by atoms with Crippen LogP contribution in [0.4, 0.5) is 5.82 Å². The molecule has 1 amide bonds. The molecule has 0 bridgehead atoms. The fourth-order valence-electron chi connectivity index (χ4n) is 3.05. The Bertz CT molecular complexity index is 846. The van der Waals surface area contributed by atoms with E-state index >= 15 is 0 Å². The molecule has 0 saturated carbocycles. The van der Waals surface area contributed by atoms with Crippen molar-refractivity contribution in [2.24, 2.45) is 0 Å². The molecule has 4 heterocycles. The Hall–Kier alpha value is -2.96. The number of nitrogens with zero attached hydrogens (tertiary/aromatic N) is 5. The summed E-state index contributed by atoms with van der Waals surface area (Å²) in [5.41, 5.74) is 1.42. The Labute approximate surface area is 139 Å². The standard InChI is InChI=1S/C17H18N6O/c24-17(13-3-1-7-18-11-13)20-14-4-2-9-22(12-14)15-6-10-23-16(21-15)5-8-19-23/h1,3,5-8,10-11,14H,2,4,9,12H2,(H,20,24). The van der Waals surface area contributed by atoms with Crippen LogP contribution in [-0.4, -0.2) is 44.6 Å². The second-order valence-electron chi connectivity index (χ2n) is 5.92. The fourth-order valence-corrected chi connectivity index (χ4v) is 3.05. The number of fused-ring (bicyclic) bond motifs is 1. The molecule has 1 fully saturated rings. The lowest BCUT2D eigenvalue weighted by molar-refractivity contribution is 0.0932. The summed E-state index contributed by atoms with van der Waals surface area (Å²) < 4.78 is 1.75. The molecule has 1 aliphatic rings. The quantitative estimate of drug-likeness (QED) is 0.791. The second kappa shape index (κ2) is 6.27. The SMILES string of the molecule is O=C(NC1CCCN(c2ccn3nccc3n2)C1)c1cccnc1. The Kier molecular flexibility index (Phi) is 3.82. The first-order chi connectivity index (χ1) is 11.8. The third-order valence-corrected chi connectivity index (χ3v) is 4.25. The highest BCUT2D eigenvalue weighted by Crippen LogP contribution is 2.18. The van der Waals surface area contributed by atoms with Crippen LogP contribution in [0.15, 0.2) is 49.1 Å². The van der Waals surface area contributed by atoms with Gasteiger partial charge < -0.3 is 10.2 Å². The smallest absolute Gasteiger partial charge is 0.253 e. The zero-order valence-corrected chi connectivity index (χ0v) is 13.2. The molecule has 3 aromatic heterocycles. The van der Waals surface area contributed by atoms with Gasteiger partial charge in [0, 0.05) is 43.8 Å². The second-order valence-corrected chi connectivity index (χ2v) is 5.92. The number of anilines is 1. The summed E-state index contributed by atoms with van der Waals surface area (Å²) >= 11 is 0.